The molecule has 8 rings (SSSR count). The molecule has 0 nitrogen and oxygen atoms in total. The Balaban J connectivity index is 0.00000311. The largest absolute Gasteiger partial charge is 0.147 e. The summed E-state index contributed by atoms with van der Waals surface area (Å²) in [5.74, 6) is 2.09. The maximum atomic E-state index is 15.0. The molecule has 61 heavy (non-hydrogen) atoms. The number of fused-ring (bicyclic) bond motifs is 2. The number of allylic oxidation sites excluding steroid dienone is 2. The molecule has 0 N–H and O–H groups in total. The molecule has 0 saturated heterocycles. The van der Waals surface area contributed by atoms with Gasteiger partial charge in [-0.05, 0) is 0 Å². The van der Waals surface area contributed by atoms with Crippen molar-refractivity contribution in [1.82, 2.24) is 0 Å². The van der Waals surface area contributed by atoms with E-state index >= 15 is 13.2 Å². The predicted molar refractivity (Wildman–Crippen MR) is 260 cm³/mol. The Hall–Kier alpha value is -2.17. The van der Waals surface area contributed by atoms with E-state index in [-0.39, 0.29) is 36.2 Å². The second kappa shape index (κ2) is 19.5. The molecule has 0 heterocycles. The van der Waals surface area contributed by atoms with E-state index in [1.54, 1.807) is 0 Å². The zero-order valence-corrected chi connectivity index (χ0v) is 42.8. The fraction of sp³-hybridized carbons (Fsp3) is 0.481. The van der Waals surface area contributed by atoms with Gasteiger partial charge in [0.2, 0.25) is 0 Å². The molecule has 2 atom stereocenters. The normalized spacial score (nSPS) is 19.9. The third kappa shape index (κ3) is 10.1. The smallest absolute Gasteiger partial charge is 0.147 e. The first-order chi connectivity index (χ1) is 28.2. The third-order valence-corrected chi connectivity index (χ3v) is 38.3. The van der Waals surface area contributed by atoms with E-state index in [1.165, 1.54) is 131 Å². The first kappa shape index (κ1) is 48.3. The molecule has 2 unspecified atom stereocenters. The summed E-state index contributed by atoms with van der Waals surface area (Å²) < 4.78 is 48.0. The number of alkyl halides is 3. The molecular formula is C54H69Cl2F3SiZr. The maximum absolute atomic E-state index is 15.0. The number of hydrogen-bond acceptors (Lipinski definition) is 0. The van der Waals surface area contributed by atoms with Crippen molar-refractivity contribution in [2.45, 2.75) is 145 Å². The Morgan fingerprint density at radius 2 is 0.951 bits per heavy atom. The molecule has 4 aromatic rings. The van der Waals surface area contributed by atoms with Crippen LogP contribution in [0.25, 0.3) is 34.4 Å². The average molecular weight is 965 g/mol. The summed E-state index contributed by atoms with van der Waals surface area (Å²) in [6, 6.07) is 31.8. The van der Waals surface area contributed by atoms with Gasteiger partial charge in [0.15, 0.2) is 0 Å². The molecule has 4 aliphatic rings. The second-order valence-corrected chi connectivity index (χ2v) is 48.9. The predicted octanol–water partition coefficient (Wildman–Crippen LogP) is 17.3. The molecule has 4 aromatic carbocycles. The van der Waals surface area contributed by atoms with E-state index in [2.05, 4.69) is 136 Å². The Labute approximate surface area is 380 Å². The van der Waals surface area contributed by atoms with Gasteiger partial charge in [0.1, 0.15) is 0 Å². The molecular weight excluding hydrogens is 896 g/mol. The molecule has 0 spiro atoms. The molecule has 0 radical (unpaired) electrons. The summed E-state index contributed by atoms with van der Waals surface area (Å²) in [4.78, 5) is 0. The van der Waals surface area contributed by atoms with Gasteiger partial charge < -0.3 is 0 Å². The first-order valence-electron chi connectivity index (χ1n) is 23.2. The fourth-order valence-corrected chi connectivity index (χ4v) is 36.0. The Kier molecular flexibility index (Phi) is 15.4. The molecule has 0 bridgehead atoms. The summed E-state index contributed by atoms with van der Waals surface area (Å²) >= 11 is -4.81. The quantitative estimate of drug-likeness (QED) is 0.124. The van der Waals surface area contributed by atoms with Crippen molar-refractivity contribution in [2.75, 3.05) is 0 Å². The molecule has 7 heteroatoms. The first-order valence-corrected chi connectivity index (χ1v) is 36.1. The SMILES string of the molecule is CC(C)c1ccc(-c2cccc3c2C=C(CC2CCCCC2)[CH]3[Zr]([CH3])(=[SiH2])([CH2]CC(F)(F)F)[CH]2C(CC3CCCCC3)=Cc3c(-c4ccc(C(C)C)cc4)cccc32)cc1.Cl.Cl. The van der Waals surface area contributed by atoms with Crippen LogP contribution in [-0.2, 0) is 17.4 Å². The Morgan fingerprint density at radius 3 is 1.30 bits per heavy atom. The fourth-order valence-electron chi connectivity index (χ4n) is 12.3. The van der Waals surface area contributed by atoms with Gasteiger partial charge in [-0.3, -0.25) is 0 Å². The molecule has 2 saturated carbocycles. The average Bonchev–Trinajstić information content (AvgIpc) is 3.80. The topological polar surface area (TPSA) is 0 Å². The van der Waals surface area contributed by atoms with Gasteiger partial charge in [-0.2, -0.15) is 0 Å². The Bertz CT molecular complexity index is 2130. The van der Waals surface area contributed by atoms with Gasteiger partial charge in [0.05, 0.1) is 0 Å². The zero-order valence-electron chi connectivity index (χ0n) is 37.3. The van der Waals surface area contributed by atoms with E-state index in [0.29, 0.717) is 23.7 Å². The van der Waals surface area contributed by atoms with Crippen LogP contribution in [0.3, 0.4) is 0 Å². The van der Waals surface area contributed by atoms with Gasteiger partial charge in [0.25, 0.3) is 0 Å². The van der Waals surface area contributed by atoms with Crippen molar-refractivity contribution < 1.29 is 30.6 Å². The van der Waals surface area contributed by atoms with Gasteiger partial charge in [-0.15, -0.1) is 24.8 Å². The van der Waals surface area contributed by atoms with Crippen molar-refractivity contribution in [1.29, 1.82) is 0 Å². The molecule has 4 aliphatic carbocycles. The van der Waals surface area contributed by atoms with E-state index in [4.69, 9.17) is 0 Å². The minimum atomic E-state index is -4.81. The molecule has 328 valence electrons. The van der Waals surface area contributed by atoms with Crippen LogP contribution in [0.1, 0.15) is 164 Å². The van der Waals surface area contributed by atoms with Gasteiger partial charge in [-0.25, -0.2) is 0 Å². The van der Waals surface area contributed by atoms with Crippen LogP contribution in [0, 0.1) is 11.8 Å². The zero-order chi connectivity index (χ0) is 41.6. The number of hydrogen-bond donors (Lipinski definition) is 0. The second-order valence-electron chi connectivity index (χ2n) is 20.5. The van der Waals surface area contributed by atoms with Crippen LogP contribution in [0.15, 0.2) is 96.1 Å². The van der Waals surface area contributed by atoms with E-state index < -0.39 is 30.0 Å². The van der Waals surface area contributed by atoms with Crippen molar-refractivity contribution in [3.05, 3.63) is 129 Å². The van der Waals surface area contributed by atoms with E-state index in [0.717, 1.165) is 12.8 Å². The summed E-state index contributed by atoms with van der Waals surface area (Å²) in [5.41, 5.74) is 15.6. The van der Waals surface area contributed by atoms with Gasteiger partial charge >= 0.3 is 358 Å². The standard InChI is InChI=1S/2C25H29.C3H4F3.CH3.2ClH.H2Si.Zr/c2*1-18(2)21-11-13-22(14-12-21)24-10-6-9-23-16-20(17-25(23)24)15-19-7-4-3-5-8-19;1-2-3(4,5)6;;;;;/h2*6,9-14,16-19H,3-5,7-8,15H2,1-2H3;1-2H2;1H3;2*1H;1H2;. The van der Waals surface area contributed by atoms with Crippen LogP contribution in [-0.4, -0.2) is 13.1 Å². The third-order valence-electron chi connectivity index (χ3n) is 15.4. The number of rotatable bonds is 12. The molecule has 0 aliphatic heterocycles. The van der Waals surface area contributed by atoms with Crippen molar-refractivity contribution in [3.8, 4) is 22.3 Å². The maximum Gasteiger partial charge on any atom is -0.147 e. The molecule has 0 amide bonds. The Morgan fingerprint density at radius 1 is 0.574 bits per heavy atom. The monoisotopic (exact) mass is 962 g/mol. The van der Waals surface area contributed by atoms with Gasteiger partial charge in [-0.1, -0.05) is 0 Å². The number of halogens is 5. The van der Waals surface area contributed by atoms with Crippen LogP contribution in [0.5, 0.6) is 0 Å². The summed E-state index contributed by atoms with van der Waals surface area (Å²) in [6.07, 6.45) is 14.7. The van der Waals surface area contributed by atoms with Crippen molar-refractivity contribution >= 4 is 43.8 Å². The van der Waals surface area contributed by atoms with E-state index in [1.807, 2.05) is 0 Å². The van der Waals surface area contributed by atoms with Crippen LogP contribution in [0.2, 0.25) is 8.76 Å². The summed E-state index contributed by atoms with van der Waals surface area (Å²) in [7, 11) is 0. The van der Waals surface area contributed by atoms with Crippen LogP contribution in [0.4, 0.5) is 13.2 Å². The van der Waals surface area contributed by atoms with Crippen LogP contribution >= 0.6 is 24.8 Å². The van der Waals surface area contributed by atoms with Crippen LogP contribution < -0.4 is 0 Å². The van der Waals surface area contributed by atoms with E-state index in [9.17, 15) is 0 Å². The summed E-state index contributed by atoms with van der Waals surface area (Å²) in [5, 5.41) is 0. The van der Waals surface area contributed by atoms with Crippen molar-refractivity contribution in [2.24, 2.45) is 11.8 Å². The minimum Gasteiger partial charge on any atom is -0.147 e. The molecule has 2 fully saturated rings. The minimum absolute atomic E-state index is 0. The number of benzene rings is 4. The molecule has 0 aromatic heterocycles. The van der Waals surface area contributed by atoms with Crippen molar-refractivity contribution in [3.63, 3.8) is 0 Å². The summed E-state index contributed by atoms with van der Waals surface area (Å²) in [6.45, 7) is 11.1. The van der Waals surface area contributed by atoms with Gasteiger partial charge in [0, 0.05) is 0 Å².